The summed E-state index contributed by atoms with van der Waals surface area (Å²) in [7, 11) is 5.79. The highest BCUT2D eigenvalue weighted by molar-refractivity contribution is 7.07. The van der Waals surface area contributed by atoms with Crippen LogP contribution < -0.4 is 33.8 Å². The molecule has 1 aliphatic heterocycles. The number of methoxy groups -OCH3 is 4. The molecular formula is C27H26N2O8S. The molecule has 0 unspecified atom stereocenters. The Hall–Kier alpha value is -4.38. The summed E-state index contributed by atoms with van der Waals surface area (Å²) in [5.41, 5.74) is 1.48. The first kappa shape index (κ1) is 26.7. The van der Waals surface area contributed by atoms with Crippen molar-refractivity contribution in [2.75, 3.05) is 28.4 Å². The summed E-state index contributed by atoms with van der Waals surface area (Å²) < 4.78 is 28.3. The van der Waals surface area contributed by atoms with Gasteiger partial charge in [0.2, 0.25) is 0 Å². The van der Waals surface area contributed by atoms with E-state index in [1.807, 2.05) is 0 Å². The molecule has 0 saturated heterocycles. The molecule has 0 N–H and O–H groups in total. The van der Waals surface area contributed by atoms with Gasteiger partial charge in [-0.05, 0) is 42.8 Å². The number of benzene rings is 2. The summed E-state index contributed by atoms with van der Waals surface area (Å²) in [4.78, 5) is 43.2. The number of hydrogen-bond donors (Lipinski definition) is 0. The van der Waals surface area contributed by atoms with Gasteiger partial charge < -0.3 is 23.7 Å². The van der Waals surface area contributed by atoms with Gasteiger partial charge in [-0.1, -0.05) is 17.4 Å². The number of hydrogen-bond acceptors (Lipinski definition) is 10. The van der Waals surface area contributed by atoms with Crippen LogP contribution in [0.4, 0.5) is 0 Å². The Morgan fingerprint density at radius 2 is 1.71 bits per heavy atom. The molecule has 0 spiro atoms. The van der Waals surface area contributed by atoms with Crippen LogP contribution in [0.3, 0.4) is 0 Å². The second-order valence-electron chi connectivity index (χ2n) is 8.19. The van der Waals surface area contributed by atoms with Gasteiger partial charge in [-0.25, -0.2) is 9.79 Å². The first-order valence-corrected chi connectivity index (χ1v) is 12.2. The van der Waals surface area contributed by atoms with Crippen LogP contribution in [0.2, 0.25) is 0 Å². The van der Waals surface area contributed by atoms with Crippen LogP contribution in [-0.2, 0) is 14.3 Å². The van der Waals surface area contributed by atoms with Crippen molar-refractivity contribution in [2.45, 2.75) is 19.9 Å². The van der Waals surface area contributed by atoms with E-state index in [-0.39, 0.29) is 22.6 Å². The lowest BCUT2D eigenvalue weighted by atomic mass is 9.95. The number of fused-ring (bicyclic) bond motifs is 1. The number of esters is 2. The Kier molecular flexibility index (Phi) is 7.67. The van der Waals surface area contributed by atoms with Crippen molar-refractivity contribution < 1.29 is 33.3 Å². The number of thiazole rings is 1. The molecule has 2 aromatic carbocycles. The summed E-state index contributed by atoms with van der Waals surface area (Å²) in [6.07, 6.45) is 1.71. The van der Waals surface area contributed by atoms with Gasteiger partial charge >= 0.3 is 11.9 Å². The highest BCUT2D eigenvalue weighted by Gasteiger charge is 2.33. The van der Waals surface area contributed by atoms with E-state index in [9.17, 15) is 14.4 Å². The zero-order chi connectivity index (χ0) is 27.6. The molecule has 0 aliphatic carbocycles. The maximum Gasteiger partial charge on any atom is 0.338 e. The van der Waals surface area contributed by atoms with Gasteiger partial charge in [0.15, 0.2) is 16.3 Å². The lowest BCUT2D eigenvalue weighted by molar-refractivity contribution is -0.136. The minimum absolute atomic E-state index is 0.204. The third kappa shape index (κ3) is 4.92. The molecule has 1 aromatic heterocycles. The summed E-state index contributed by atoms with van der Waals surface area (Å²) in [6, 6.07) is 9.26. The van der Waals surface area contributed by atoms with Crippen molar-refractivity contribution in [2.24, 2.45) is 4.99 Å². The summed E-state index contributed by atoms with van der Waals surface area (Å²) in [5.74, 6) is 0.494. The average molecular weight is 539 g/mol. The molecule has 2 heterocycles. The molecule has 4 rings (SSSR count). The van der Waals surface area contributed by atoms with Gasteiger partial charge in [0.25, 0.3) is 5.56 Å². The first-order chi connectivity index (χ1) is 18.2. The van der Waals surface area contributed by atoms with Gasteiger partial charge in [0.1, 0.15) is 11.5 Å². The molecule has 0 radical (unpaired) electrons. The topological polar surface area (TPSA) is 115 Å². The molecule has 0 saturated carbocycles. The molecule has 38 heavy (non-hydrogen) atoms. The molecule has 11 heteroatoms. The van der Waals surface area contributed by atoms with Crippen LogP contribution in [0.15, 0.2) is 57.5 Å². The lowest BCUT2D eigenvalue weighted by Crippen LogP contribution is -2.39. The predicted octanol–water partition coefficient (Wildman–Crippen LogP) is 2.36. The van der Waals surface area contributed by atoms with E-state index in [0.29, 0.717) is 37.7 Å². The lowest BCUT2D eigenvalue weighted by Gasteiger charge is -2.25. The minimum Gasteiger partial charge on any atom is -0.497 e. The Morgan fingerprint density at radius 3 is 2.34 bits per heavy atom. The Morgan fingerprint density at radius 1 is 0.974 bits per heavy atom. The smallest absolute Gasteiger partial charge is 0.338 e. The van der Waals surface area contributed by atoms with Crippen molar-refractivity contribution in [1.82, 2.24) is 4.57 Å². The first-order valence-electron chi connectivity index (χ1n) is 11.4. The summed E-state index contributed by atoms with van der Waals surface area (Å²) in [6.45, 7) is 2.97. The highest BCUT2D eigenvalue weighted by Crippen LogP contribution is 2.36. The van der Waals surface area contributed by atoms with Crippen LogP contribution in [0.1, 0.15) is 31.0 Å². The second kappa shape index (κ2) is 10.9. The van der Waals surface area contributed by atoms with E-state index in [4.69, 9.17) is 23.7 Å². The van der Waals surface area contributed by atoms with E-state index >= 15 is 0 Å². The van der Waals surface area contributed by atoms with E-state index in [0.717, 1.165) is 0 Å². The molecule has 1 aliphatic rings. The standard InChI is InChI=1S/C27H26N2O8S/c1-14-23(26(32)36-6)24(17-8-10-19(37-15(2)30)21(11-17)35-5)29-25(31)22(38-27(29)28-14)12-16-7-9-18(33-3)13-20(16)34-4/h7-13,24H,1-6H3/b22-12-/t24-/m1/s1. The van der Waals surface area contributed by atoms with Gasteiger partial charge in [-0.3, -0.25) is 14.2 Å². The van der Waals surface area contributed by atoms with Crippen molar-refractivity contribution in [3.63, 3.8) is 0 Å². The summed E-state index contributed by atoms with van der Waals surface area (Å²) in [5, 5.41) is 0. The van der Waals surface area contributed by atoms with Crippen molar-refractivity contribution in [3.05, 3.63) is 78.5 Å². The van der Waals surface area contributed by atoms with Crippen LogP contribution >= 0.6 is 11.3 Å². The second-order valence-corrected chi connectivity index (χ2v) is 9.19. The monoisotopic (exact) mass is 538 g/mol. The third-order valence-corrected chi connectivity index (χ3v) is 6.89. The fourth-order valence-electron chi connectivity index (χ4n) is 4.18. The molecule has 1 atom stereocenters. The van der Waals surface area contributed by atoms with Crippen LogP contribution in [0.25, 0.3) is 6.08 Å². The van der Waals surface area contributed by atoms with Gasteiger partial charge in [-0.2, -0.15) is 0 Å². The molecule has 10 nitrogen and oxygen atoms in total. The number of nitrogens with zero attached hydrogens (tertiary/aromatic N) is 2. The maximum atomic E-state index is 13.8. The molecule has 3 aromatic rings. The fourth-order valence-corrected chi connectivity index (χ4v) is 5.22. The molecular weight excluding hydrogens is 512 g/mol. The van der Waals surface area contributed by atoms with E-state index < -0.39 is 18.0 Å². The number of ether oxygens (including phenoxy) is 5. The zero-order valence-corrected chi connectivity index (χ0v) is 22.5. The van der Waals surface area contributed by atoms with Gasteiger partial charge in [0, 0.05) is 18.6 Å². The molecule has 0 amide bonds. The fraction of sp³-hybridized carbons (Fsp3) is 0.259. The predicted molar refractivity (Wildman–Crippen MR) is 140 cm³/mol. The number of carbonyl (C=O) groups is 2. The third-order valence-electron chi connectivity index (χ3n) is 5.91. The number of aromatic nitrogens is 1. The molecule has 198 valence electrons. The van der Waals surface area contributed by atoms with E-state index in [2.05, 4.69) is 4.99 Å². The van der Waals surface area contributed by atoms with E-state index in [1.54, 1.807) is 56.5 Å². The molecule has 0 fully saturated rings. The quantitative estimate of drug-likeness (QED) is 0.333. The number of allylic oxidation sites excluding steroid dienone is 1. The van der Waals surface area contributed by atoms with Crippen molar-refractivity contribution in [1.29, 1.82) is 0 Å². The Labute approximate surface area is 222 Å². The highest BCUT2D eigenvalue weighted by atomic mass is 32.1. The average Bonchev–Trinajstić information content (AvgIpc) is 3.21. The SMILES string of the molecule is COC(=O)C1=C(C)N=c2s/c(=C\c3ccc(OC)cc3OC)c(=O)n2[C@@H]1c1ccc(OC(C)=O)c(OC)c1. The van der Waals surface area contributed by atoms with Crippen LogP contribution in [0.5, 0.6) is 23.0 Å². The van der Waals surface area contributed by atoms with Crippen LogP contribution in [0, 0.1) is 0 Å². The zero-order valence-electron chi connectivity index (χ0n) is 21.7. The van der Waals surface area contributed by atoms with Crippen molar-refractivity contribution >= 4 is 29.4 Å². The molecule has 0 bridgehead atoms. The normalized spacial score (nSPS) is 14.9. The minimum atomic E-state index is -0.862. The van der Waals surface area contributed by atoms with E-state index in [1.165, 1.54) is 44.2 Å². The van der Waals surface area contributed by atoms with Gasteiger partial charge in [0.05, 0.1) is 50.3 Å². The van der Waals surface area contributed by atoms with Crippen molar-refractivity contribution in [3.8, 4) is 23.0 Å². The summed E-state index contributed by atoms with van der Waals surface area (Å²) >= 11 is 1.19. The largest absolute Gasteiger partial charge is 0.497 e. The van der Waals surface area contributed by atoms with Crippen LogP contribution in [-0.4, -0.2) is 44.9 Å². The number of rotatable bonds is 7. The Bertz CT molecular complexity index is 1630. The maximum absolute atomic E-state index is 13.8. The van der Waals surface area contributed by atoms with Gasteiger partial charge in [-0.15, -0.1) is 0 Å². The Balaban J connectivity index is 1.95. The number of carbonyl (C=O) groups excluding carboxylic acids is 2.